The standard InChI is InChI=1S/C19H27ClN4/c1-4-17-16(18(5-2)23(3)22-17)13-24-10-9-21-12-19(24)14-7-6-8-15(20)11-14/h6-8,11,19,21H,4-5,9-10,12-13H2,1-3H3. The molecule has 0 saturated carbocycles. The van der Waals surface area contributed by atoms with Gasteiger partial charge in [-0.2, -0.15) is 5.10 Å². The van der Waals surface area contributed by atoms with Crippen LogP contribution in [0.4, 0.5) is 0 Å². The first-order chi connectivity index (χ1) is 11.6. The molecule has 130 valence electrons. The average Bonchev–Trinajstić information content (AvgIpc) is 2.90. The molecule has 3 rings (SSSR count). The van der Waals surface area contributed by atoms with Crippen molar-refractivity contribution < 1.29 is 0 Å². The molecule has 1 unspecified atom stereocenters. The summed E-state index contributed by atoms with van der Waals surface area (Å²) in [6.45, 7) is 8.39. The molecule has 2 heterocycles. The normalized spacial score (nSPS) is 18.9. The number of hydrogen-bond donors (Lipinski definition) is 1. The van der Waals surface area contributed by atoms with Gasteiger partial charge in [-0.25, -0.2) is 0 Å². The molecule has 1 aliphatic rings. The number of hydrogen-bond acceptors (Lipinski definition) is 3. The lowest BCUT2D eigenvalue weighted by Gasteiger charge is -2.36. The Kier molecular flexibility index (Phi) is 5.59. The van der Waals surface area contributed by atoms with Crippen molar-refractivity contribution in [3.8, 4) is 0 Å². The Balaban J connectivity index is 1.90. The summed E-state index contributed by atoms with van der Waals surface area (Å²) in [6, 6.07) is 8.62. The van der Waals surface area contributed by atoms with Crippen LogP contribution in [-0.4, -0.2) is 34.3 Å². The zero-order chi connectivity index (χ0) is 17.1. The molecule has 1 aromatic carbocycles. The average molecular weight is 347 g/mol. The Labute approximate surface area is 149 Å². The van der Waals surface area contributed by atoms with Crippen LogP contribution in [0.3, 0.4) is 0 Å². The first kappa shape index (κ1) is 17.5. The summed E-state index contributed by atoms with van der Waals surface area (Å²) in [6.07, 6.45) is 2.00. The minimum atomic E-state index is 0.354. The second kappa shape index (κ2) is 7.68. The number of nitrogens with one attached hydrogen (secondary N) is 1. The van der Waals surface area contributed by atoms with Gasteiger partial charge in [-0.15, -0.1) is 0 Å². The Morgan fingerprint density at radius 3 is 2.83 bits per heavy atom. The molecule has 5 heteroatoms. The third-order valence-corrected chi connectivity index (χ3v) is 5.21. The monoisotopic (exact) mass is 346 g/mol. The fourth-order valence-corrected chi connectivity index (χ4v) is 3.95. The van der Waals surface area contributed by atoms with Crippen molar-refractivity contribution in [2.75, 3.05) is 19.6 Å². The highest BCUT2D eigenvalue weighted by molar-refractivity contribution is 6.30. The highest BCUT2D eigenvalue weighted by Gasteiger charge is 2.26. The van der Waals surface area contributed by atoms with E-state index >= 15 is 0 Å². The van der Waals surface area contributed by atoms with Gasteiger partial charge in [0.15, 0.2) is 0 Å². The van der Waals surface area contributed by atoms with Gasteiger partial charge in [-0.05, 0) is 30.5 Å². The lowest BCUT2D eigenvalue weighted by Crippen LogP contribution is -2.45. The van der Waals surface area contributed by atoms with E-state index in [-0.39, 0.29) is 0 Å². The van der Waals surface area contributed by atoms with E-state index in [1.165, 1.54) is 22.5 Å². The van der Waals surface area contributed by atoms with Gasteiger partial charge in [0, 0.05) is 55.5 Å². The van der Waals surface area contributed by atoms with Crippen LogP contribution in [-0.2, 0) is 26.4 Å². The number of rotatable bonds is 5. The molecule has 0 aliphatic carbocycles. The summed E-state index contributed by atoms with van der Waals surface area (Å²) in [5, 5.41) is 9.06. The molecule has 1 N–H and O–H groups in total. The molecule has 1 aromatic heterocycles. The molecule has 1 fully saturated rings. The predicted octanol–water partition coefficient (Wildman–Crippen LogP) is 3.34. The molecule has 0 amide bonds. The van der Waals surface area contributed by atoms with E-state index in [9.17, 15) is 0 Å². The summed E-state index contributed by atoms with van der Waals surface area (Å²) in [5.41, 5.74) is 5.29. The molecule has 1 saturated heterocycles. The van der Waals surface area contributed by atoms with Crippen molar-refractivity contribution in [1.29, 1.82) is 0 Å². The third kappa shape index (κ3) is 3.51. The maximum Gasteiger partial charge on any atom is 0.0669 e. The smallest absolute Gasteiger partial charge is 0.0669 e. The van der Waals surface area contributed by atoms with Gasteiger partial charge in [-0.1, -0.05) is 37.6 Å². The SMILES string of the molecule is CCc1nn(C)c(CC)c1CN1CCNCC1c1cccc(Cl)c1. The molecule has 0 radical (unpaired) electrons. The van der Waals surface area contributed by atoms with Crippen molar-refractivity contribution in [1.82, 2.24) is 20.0 Å². The molecular weight excluding hydrogens is 320 g/mol. The van der Waals surface area contributed by atoms with Crippen LogP contribution in [0.1, 0.15) is 42.4 Å². The zero-order valence-electron chi connectivity index (χ0n) is 14.8. The van der Waals surface area contributed by atoms with Crippen molar-refractivity contribution in [2.24, 2.45) is 7.05 Å². The number of nitrogens with zero attached hydrogens (tertiary/aromatic N) is 3. The minimum absolute atomic E-state index is 0.354. The van der Waals surface area contributed by atoms with Gasteiger partial charge in [0.05, 0.1) is 5.69 Å². The van der Waals surface area contributed by atoms with Crippen LogP contribution >= 0.6 is 11.6 Å². The Bertz CT molecular complexity index is 695. The highest BCUT2D eigenvalue weighted by Crippen LogP contribution is 2.28. The maximum absolute atomic E-state index is 6.22. The van der Waals surface area contributed by atoms with Gasteiger partial charge >= 0.3 is 0 Å². The molecule has 0 bridgehead atoms. The Morgan fingerprint density at radius 1 is 1.29 bits per heavy atom. The first-order valence-electron chi connectivity index (χ1n) is 8.87. The number of aryl methyl sites for hydroxylation is 2. The quantitative estimate of drug-likeness (QED) is 0.901. The summed E-state index contributed by atoms with van der Waals surface area (Å²) in [5.74, 6) is 0. The van der Waals surface area contributed by atoms with Crippen molar-refractivity contribution in [2.45, 2.75) is 39.3 Å². The van der Waals surface area contributed by atoms with Crippen LogP contribution < -0.4 is 5.32 Å². The van der Waals surface area contributed by atoms with E-state index in [2.05, 4.69) is 47.9 Å². The summed E-state index contributed by atoms with van der Waals surface area (Å²) in [4.78, 5) is 2.57. The van der Waals surface area contributed by atoms with Gasteiger partial charge < -0.3 is 5.32 Å². The van der Waals surface area contributed by atoms with Crippen LogP contribution in [0.15, 0.2) is 24.3 Å². The van der Waals surface area contributed by atoms with Crippen LogP contribution in [0, 0.1) is 0 Å². The topological polar surface area (TPSA) is 33.1 Å². The lowest BCUT2D eigenvalue weighted by molar-refractivity contribution is 0.153. The van der Waals surface area contributed by atoms with E-state index in [1.807, 2.05) is 12.1 Å². The van der Waals surface area contributed by atoms with Crippen molar-refractivity contribution in [3.63, 3.8) is 0 Å². The highest BCUT2D eigenvalue weighted by atomic mass is 35.5. The second-order valence-electron chi connectivity index (χ2n) is 6.45. The summed E-state index contributed by atoms with van der Waals surface area (Å²) < 4.78 is 2.06. The molecule has 4 nitrogen and oxygen atoms in total. The third-order valence-electron chi connectivity index (χ3n) is 4.98. The van der Waals surface area contributed by atoms with Crippen LogP contribution in [0.5, 0.6) is 0 Å². The summed E-state index contributed by atoms with van der Waals surface area (Å²) >= 11 is 6.22. The van der Waals surface area contributed by atoms with Crippen LogP contribution in [0.25, 0.3) is 0 Å². The second-order valence-corrected chi connectivity index (χ2v) is 6.88. The number of aromatic nitrogens is 2. The fraction of sp³-hybridized carbons (Fsp3) is 0.526. The molecular formula is C19H27ClN4. The number of halogens is 1. The van der Waals surface area contributed by atoms with Gasteiger partial charge in [-0.3, -0.25) is 9.58 Å². The predicted molar refractivity (Wildman–Crippen MR) is 99.4 cm³/mol. The molecule has 2 aromatic rings. The molecule has 24 heavy (non-hydrogen) atoms. The number of benzene rings is 1. The van der Waals surface area contributed by atoms with E-state index in [1.54, 1.807) is 0 Å². The van der Waals surface area contributed by atoms with Crippen molar-refractivity contribution in [3.05, 3.63) is 51.8 Å². The first-order valence-corrected chi connectivity index (χ1v) is 9.25. The Morgan fingerprint density at radius 2 is 2.12 bits per heavy atom. The summed E-state index contributed by atoms with van der Waals surface area (Å²) in [7, 11) is 2.06. The molecule has 1 atom stereocenters. The van der Waals surface area contributed by atoms with E-state index in [4.69, 9.17) is 16.7 Å². The van der Waals surface area contributed by atoms with E-state index < -0.39 is 0 Å². The fourth-order valence-electron chi connectivity index (χ4n) is 3.75. The molecule has 0 spiro atoms. The van der Waals surface area contributed by atoms with Gasteiger partial charge in [0.1, 0.15) is 0 Å². The minimum Gasteiger partial charge on any atom is -0.314 e. The van der Waals surface area contributed by atoms with Crippen molar-refractivity contribution >= 4 is 11.6 Å². The maximum atomic E-state index is 6.22. The van der Waals surface area contributed by atoms with Gasteiger partial charge in [0.25, 0.3) is 0 Å². The Hall–Kier alpha value is -1.36. The lowest BCUT2D eigenvalue weighted by atomic mass is 10.0. The largest absolute Gasteiger partial charge is 0.314 e. The van der Waals surface area contributed by atoms with E-state index in [0.29, 0.717) is 6.04 Å². The van der Waals surface area contributed by atoms with Crippen LogP contribution in [0.2, 0.25) is 5.02 Å². The number of piperazine rings is 1. The molecule has 1 aliphatic heterocycles. The zero-order valence-corrected chi connectivity index (χ0v) is 15.6. The van der Waals surface area contributed by atoms with Gasteiger partial charge in [0.2, 0.25) is 0 Å². The van der Waals surface area contributed by atoms with E-state index in [0.717, 1.165) is 44.0 Å².